The number of thioether (sulfide) groups is 1. The number of methoxy groups -OCH3 is 1. The van der Waals surface area contributed by atoms with Gasteiger partial charge in [0.15, 0.2) is 0 Å². The number of hydrogen-bond donors (Lipinski definition) is 0. The molecule has 0 atom stereocenters. The summed E-state index contributed by atoms with van der Waals surface area (Å²) < 4.78 is 11.5. The van der Waals surface area contributed by atoms with Crippen LogP contribution in [0.4, 0.5) is 0 Å². The third-order valence-electron chi connectivity index (χ3n) is 2.71. The van der Waals surface area contributed by atoms with E-state index in [-0.39, 0.29) is 0 Å². The van der Waals surface area contributed by atoms with Gasteiger partial charge in [-0.05, 0) is 36.4 Å². The minimum absolute atomic E-state index is 0.504. The Morgan fingerprint density at radius 3 is 2.67 bits per heavy atom. The highest BCUT2D eigenvalue weighted by Crippen LogP contribution is 2.30. The lowest BCUT2D eigenvalue weighted by molar-refractivity contribution is 0.414. The molecule has 2 heterocycles. The Kier molecular flexibility index (Phi) is 4.48. The average Bonchev–Trinajstić information content (AvgIpc) is 3.14. The lowest BCUT2D eigenvalue weighted by Crippen LogP contribution is -1.82. The van der Waals surface area contributed by atoms with Crippen molar-refractivity contribution in [1.82, 2.24) is 10.2 Å². The van der Waals surface area contributed by atoms with Gasteiger partial charge in [-0.2, -0.15) is 0 Å². The molecule has 0 aliphatic carbocycles. The summed E-state index contributed by atoms with van der Waals surface area (Å²) in [6, 6.07) is 11.4. The van der Waals surface area contributed by atoms with Crippen LogP contribution in [0.3, 0.4) is 0 Å². The number of rotatable bonds is 5. The Labute approximate surface area is 135 Å². The topological polar surface area (TPSA) is 48.2 Å². The summed E-state index contributed by atoms with van der Waals surface area (Å²) in [7, 11) is 1.63. The van der Waals surface area contributed by atoms with Gasteiger partial charge in [0.25, 0.3) is 5.22 Å². The number of halogens is 1. The molecule has 3 rings (SSSR count). The fourth-order valence-electron chi connectivity index (χ4n) is 1.68. The molecule has 3 aromatic rings. The molecule has 0 saturated carbocycles. The van der Waals surface area contributed by atoms with E-state index in [1.54, 1.807) is 18.4 Å². The van der Waals surface area contributed by atoms with Crippen molar-refractivity contribution in [2.45, 2.75) is 11.0 Å². The van der Waals surface area contributed by atoms with Gasteiger partial charge in [-0.3, -0.25) is 0 Å². The second-order valence-corrected chi connectivity index (χ2v) is 6.82. The molecular weight excluding hydrogens is 328 g/mol. The van der Waals surface area contributed by atoms with Crippen LogP contribution in [-0.4, -0.2) is 17.3 Å². The minimum Gasteiger partial charge on any atom is -0.497 e. The molecule has 0 N–H and O–H groups in total. The molecule has 0 amide bonds. The first kappa shape index (κ1) is 14.4. The van der Waals surface area contributed by atoms with Crippen molar-refractivity contribution in [2.75, 3.05) is 7.11 Å². The first-order valence-corrected chi connectivity index (χ1v) is 8.27. The zero-order chi connectivity index (χ0) is 14.7. The Bertz CT molecular complexity index is 725. The van der Waals surface area contributed by atoms with Crippen LogP contribution in [0.15, 0.2) is 46.0 Å². The van der Waals surface area contributed by atoms with Crippen LogP contribution >= 0.6 is 34.7 Å². The summed E-state index contributed by atoms with van der Waals surface area (Å²) in [5, 5.41) is 8.65. The Morgan fingerprint density at radius 2 is 2.00 bits per heavy atom. The van der Waals surface area contributed by atoms with Crippen LogP contribution < -0.4 is 4.74 Å². The molecule has 0 unspecified atom stereocenters. The second kappa shape index (κ2) is 6.51. The third kappa shape index (κ3) is 3.58. The number of ether oxygens (including phenoxy) is 1. The zero-order valence-corrected chi connectivity index (χ0v) is 13.5. The van der Waals surface area contributed by atoms with E-state index in [2.05, 4.69) is 10.2 Å². The number of thiophene rings is 1. The molecule has 0 aliphatic heterocycles. The molecule has 0 fully saturated rings. The Morgan fingerprint density at radius 1 is 1.19 bits per heavy atom. The molecule has 7 heteroatoms. The summed E-state index contributed by atoms with van der Waals surface area (Å²) in [5.74, 6) is 2.06. The van der Waals surface area contributed by atoms with Gasteiger partial charge in [-0.15, -0.1) is 21.5 Å². The van der Waals surface area contributed by atoms with Gasteiger partial charge in [-0.1, -0.05) is 23.4 Å². The van der Waals surface area contributed by atoms with Crippen molar-refractivity contribution in [3.63, 3.8) is 0 Å². The van der Waals surface area contributed by atoms with E-state index in [9.17, 15) is 0 Å². The van der Waals surface area contributed by atoms with E-state index in [0.29, 0.717) is 11.1 Å². The van der Waals surface area contributed by atoms with Crippen molar-refractivity contribution in [2.24, 2.45) is 0 Å². The highest BCUT2D eigenvalue weighted by molar-refractivity contribution is 7.98. The summed E-state index contributed by atoms with van der Waals surface area (Å²) >= 11 is 8.95. The summed E-state index contributed by atoms with van der Waals surface area (Å²) in [5.41, 5.74) is 0.870. The molecule has 2 aromatic heterocycles. The van der Waals surface area contributed by atoms with Gasteiger partial charge in [0, 0.05) is 16.2 Å². The molecule has 0 spiro atoms. The smallest absolute Gasteiger partial charge is 0.277 e. The predicted octanol–water partition coefficient (Wildman–Crippen LogP) is 4.75. The van der Waals surface area contributed by atoms with E-state index in [0.717, 1.165) is 21.4 Å². The van der Waals surface area contributed by atoms with Crippen LogP contribution in [0.25, 0.3) is 11.5 Å². The first-order chi connectivity index (χ1) is 10.2. The predicted molar refractivity (Wildman–Crippen MR) is 85.2 cm³/mol. The fourth-order valence-corrected chi connectivity index (χ4v) is 3.57. The lowest BCUT2D eigenvalue weighted by atomic mass is 10.2. The Hall–Kier alpha value is -1.50. The summed E-state index contributed by atoms with van der Waals surface area (Å²) in [4.78, 5) is 1.18. The van der Waals surface area contributed by atoms with E-state index in [4.69, 9.17) is 20.8 Å². The SMILES string of the molecule is COc1ccc(-c2nnc(SCc3ccc(Cl)s3)o2)cc1. The molecule has 0 radical (unpaired) electrons. The van der Waals surface area contributed by atoms with Crippen molar-refractivity contribution >= 4 is 34.7 Å². The number of benzene rings is 1. The van der Waals surface area contributed by atoms with E-state index in [1.165, 1.54) is 16.6 Å². The van der Waals surface area contributed by atoms with Crippen LogP contribution in [0.5, 0.6) is 5.75 Å². The molecule has 0 aliphatic rings. The van der Waals surface area contributed by atoms with Gasteiger partial charge in [0.1, 0.15) is 5.75 Å². The molecular formula is C14H11ClN2O2S2. The summed E-state index contributed by atoms with van der Waals surface area (Å²) in [6.45, 7) is 0. The molecule has 21 heavy (non-hydrogen) atoms. The fraction of sp³-hybridized carbons (Fsp3) is 0.143. The van der Waals surface area contributed by atoms with Crippen LogP contribution in [0, 0.1) is 0 Å². The van der Waals surface area contributed by atoms with Gasteiger partial charge in [-0.25, -0.2) is 0 Å². The standard InChI is InChI=1S/C14H11ClN2O2S2/c1-18-10-4-2-9(3-5-10)13-16-17-14(19-13)20-8-11-6-7-12(15)21-11/h2-7H,8H2,1H3. The van der Waals surface area contributed by atoms with E-state index >= 15 is 0 Å². The van der Waals surface area contributed by atoms with Gasteiger partial charge in [0.2, 0.25) is 5.89 Å². The minimum atomic E-state index is 0.504. The maximum atomic E-state index is 5.90. The van der Waals surface area contributed by atoms with Crippen molar-refractivity contribution in [1.29, 1.82) is 0 Å². The van der Waals surface area contributed by atoms with Crippen LogP contribution in [0.2, 0.25) is 4.34 Å². The largest absolute Gasteiger partial charge is 0.497 e. The number of hydrogen-bond acceptors (Lipinski definition) is 6. The van der Waals surface area contributed by atoms with Crippen LogP contribution in [0.1, 0.15) is 4.88 Å². The second-order valence-electron chi connectivity index (χ2n) is 4.10. The highest BCUT2D eigenvalue weighted by Gasteiger charge is 2.10. The van der Waals surface area contributed by atoms with Gasteiger partial charge in [0.05, 0.1) is 11.4 Å². The van der Waals surface area contributed by atoms with Crippen molar-refractivity contribution in [3.05, 3.63) is 45.6 Å². The molecule has 0 saturated heterocycles. The molecule has 1 aromatic carbocycles. The zero-order valence-electron chi connectivity index (χ0n) is 11.1. The molecule has 4 nitrogen and oxygen atoms in total. The third-order valence-corrected chi connectivity index (χ3v) is 4.99. The maximum Gasteiger partial charge on any atom is 0.277 e. The summed E-state index contributed by atoms with van der Waals surface area (Å²) in [6.07, 6.45) is 0. The number of aromatic nitrogens is 2. The normalized spacial score (nSPS) is 10.8. The highest BCUT2D eigenvalue weighted by atomic mass is 35.5. The van der Waals surface area contributed by atoms with Crippen molar-refractivity contribution in [3.8, 4) is 17.2 Å². The lowest BCUT2D eigenvalue weighted by Gasteiger charge is -1.99. The van der Waals surface area contributed by atoms with Crippen molar-refractivity contribution < 1.29 is 9.15 Å². The van der Waals surface area contributed by atoms with Gasteiger partial charge < -0.3 is 9.15 Å². The average molecular weight is 339 g/mol. The number of nitrogens with zero attached hydrogens (tertiary/aromatic N) is 2. The van der Waals surface area contributed by atoms with E-state index in [1.807, 2.05) is 36.4 Å². The quantitative estimate of drug-likeness (QED) is 0.628. The van der Waals surface area contributed by atoms with E-state index < -0.39 is 0 Å². The molecule has 0 bridgehead atoms. The maximum absolute atomic E-state index is 5.90. The van der Waals surface area contributed by atoms with Crippen LogP contribution in [-0.2, 0) is 5.75 Å². The Balaban J connectivity index is 1.67. The molecule has 108 valence electrons. The first-order valence-electron chi connectivity index (χ1n) is 6.09. The monoisotopic (exact) mass is 338 g/mol. The van der Waals surface area contributed by atoms with Gasteiger partial charge >= 0.3 is 0 Å².